The monoisotopic (exact) mass is 208 g/mol. The van der Waals surface area contributed by atoms with E-state index in [4.69, 9.17) is 0 Å². The van der Waals surface area contributed by atoms with E-state index in [0.717, 1.165) is 12.0 Å². The molecule has 3 rings (SSSR count). The van der Waals surface area contributed by atoms with Crippen LogP contribution in [0.5, 0.6) is 5.75 Å². The van der Waals surface area contributed by atoms with E-state index in [1.807, 2.05) is 18.2 Å². The van der Waals surface area contributed by atoms with Crippen molar-refractivity contribution in [3.05, 3.63) is 59.7 Å². The quantitative estimate of drug-likeness (QED) is 0.701. The standard InChI is InChI=1S/C15H12O/c16-13-9-8-12-6-3-5-11-4-1-2-7-14(11)15(12)10-13/h1-4,6-10,16H,5H2. The highest BCUT2D eigenvalue weighted by molar-refractivity contribution is 5.80. The molecule has 0 radical (unpaired) electrons. The average molecular weight is 208 g/mol. The number of phenols is 1. The van der Waals surface area contributed by atoms with E-state index in [0.29, 0.717) is 5.75 Å². The highest BCUT2D eigenvalue weighted by Crippen LogP contribution is 2.33. The van der Waals surface area contributed by atoms with Crippen molar-refractivity contribution in [3.8, 4) is 16.9 Å². The smallest absolute Gasteiger partial charge is 0.116 e. The summed E-state index contributed by atoms with van der Waals surface area (Å²) in [5, 5.41) is 9.58. The van der Waals surface area contributed by atoms with Crippen molar-refractivity contribution < 1.29 is 5.11 Å². The lowest BCUT2D eigenvalue weighted by Gasteiger charge is -2.09. The first-order chi connectivity index (χ1) is 7.84. The van der Waals surface area contributed by atoms with Crippen LogP contribution in [0.1, 0.15) is 11.1 Å². The maximum Gasteiger partial charge on any atom is 0.116 e. The van der Waals surface area contributed by atoms with E-state index in [1.54, 1.807) is 6.07 Å². The van der Waals surface area contributed by atoms with E-state index in [1.165, 1.54) is 16.7 Å². The molecule has 1 heteroatoms. The first kappa shape index (κ1) is 9.22. The molecule has 1 aliphatic rings. The van der Waals surface area contributed by atoms with Crippen molar-refractivity contribution in [1.82, 2.24) is 0 Å². The fourth-order valence-electron chi connectivity index (χ4n) is 2.20. The Morgan fingerprint density at radius 3 is 2.75 bits per heavy atom. The number of rotatable bonds is 0. The van der Waals surface area contributed by atoms with E-state index in [-0.39, 0.29) is 0 Å². The molecule has 0 spiro atoms. The number of hydrogen-bond donors (Lipinski definition) is 1. The lowest BCUT2D eigenvalue weighted by atomic mass is 9.96. The Hall–Kier alpha value is -2.02. The molecule has 0 unspecified atom stereocenters. The molecular formula is C15H12O. The molecule has 0 atom stereocenters. The Balaban J connectivity index is 2.33. The molecule has 1 nitrogen and oxygen atoms in total. The third-order valence-electron chi connectivity index (χ3n) is 2.98. The Labute approximate surface area is 94.7 Å². The highest BCUT2D eigenvalue weighted by Gasteiger charge is 2.10. The summed E-state index contributed by atoms with van der Waals surface area (Å²) in [5.41, 5.74) is 4.81. The Morgan fingerprint density at radius 1 is 0.938 bits per heavy atom. The van der Waals surface area contributed by atoms with Gasteiger partial charge in [-0.1, -0.05) is 42.5 Å². The van der Waals surface area contributed by atoms with Crippen LogP contribution in [0.3, 0.4) is 0 Å². The van der Waals surface area contributed by atoms with Crippen LogP contribution in [-0.4, -0.2) is 5.11 Å². The first-order valence-electron chi connectivity index (χ1n) is 5.42. The van der Waals surface area contributed by atoms with Crippen LogP contribution < -0.4 is 0 Å². The fraction of sp³-hybridized carbons (Fsp3) is 0.0667. The molecule has 1 N–H and O–H groups in total. The molecule has 2 aromatic carbocycles. The fourth-order valence-corrected chi connectivity index (χ4v) is 2.20. The molecule has 0 aromatic heterocycles. The highest BCUT2D eigenvalue weighted by atomic mass is 16.3. The van der Waals surface area contributed by atoms with Crippen LogP contribution in [0.25, 0.3) is 17.2 Å². The second-order valence-corrected chi connectivity index (χ2v) is 4.04. The van der Waals surface area contributed by atoms with Gasteiger partial charge in [0.05, 0.1) is 0 Å². The molecule has 0 bridgehead atoms. The van der Waals surface area contributed by atoms with Crippen molar-refractivity contribution in [1.29, 1.82) is 0 Å². The van der Waals surface area contributed by atoms with Crippen LogP contribution in [0.15, 0.2) is 48.5 Å². The van der Waals surface area contributed by atoms with Gasteiger partial charge in [-0.05, 0) is 40.8 Å². The zero-order valence-corrected chi connectivity index (χ0v) is 8.85. The number of fused-ring (bicyclic) bond motifs is 3. The molecule has 0 saturated carbocycles. The van der Waals surface area contributed by atoms with Gasteiger partial charge in [-0.25, -0.2) is 0 Å². The molecule has 0 fully saturated rings. The average Bonchev–Trinajstić information content (AvgIpc) is 2.48. The number of hydrogen-bond acceptors (Lipinski definition) is 1. The summed E-state index contributed by atoms with van der Waals surface area (Å²) in [6, 6.07) is 13.9. The van der Waals surface area contributed by atoms with Gasteiger partial charge in [0.15, 0.2) is 0 Å². The molecule has 0 aliphatic heterocycles. The van der Waals surface area contributed by atoms with Crippen molar-refractivity contribution >= 4 is 6.08 Å². The van der Waals surface area contributed by atoms with Crippen LogP contribution in [0.4, 0.5) is 0 Å². The second kappa shape index (κ2) is 3.53. The summed E-state index contributed by atoms with van der Waals surface area (Å²) in [5.74, 6) is 0.323. The maximum atomic E-state index is 9.58. The van der Waals surface area contributed by atoms with Crippen LogP contribution in [-0.2, 0) is 6.42 Å². The van der Waals surface area contributed by atoms with Crippen molar-refractivity contribution in [2.24, 2.45) is 0 Å². The van der Waals surface area contributed by atoms with Gasteiger partial charge in [-0.15, -0.1) is 0 Å². The lowest BCUT2D eigenvalue weighted by Crippen LogP contribution is -1.87. The van der Waals surface area contributed by atoms with E-state index in [2.05, 4.69) is 30.4 Å². The third-order valence-corrected chi connectivity index (χ3v) is 2.98. The van der Waals surface area contributed by atoms with Crippen LogP contribution in [0.2, 0.25) is 0 Å². The number of benzene rings is 2. The second-order valence-electron chi connectivity index (χ2n) is 4.04. The van der Waals surface area contributed by atoms with E-state index in [9.17, 15) is 5.11 Å². The van der Waals surface area contributed by atoms with Gasteiger partial charge < -0.3 is 5.11 Å². The number of allylic oxidation sites excluding steroid dienone is 1. The summed E-state index contributed by atoms with van der Waals surface area (Å²) >= 11 is 0. The predicted molar refractivity (Wildman–Crippen MR) is 66.3 cm³/mol. The zero-order chi connectivity index (χ0) is 11.0. The summed E-state index contributed by atoms with van der Waals surface area (Å²) in [7, 11) is 0. The normalized spacial score (nSPS) is 12.8. The molecule has 16 heavy (non-hydrogen) atoms. The van der Waals surface area contributed by atoms with Crippen LogP contribution >= 0.6 is 0 Å². The van der Waals surface area contributed by atoms with Gasteiger partial charge in [0.1, 0.15) is 5.75 Å². The van der Waals surface area contributed by atoms with Crippen molar-refractivity contribution in [2.75, 3.05) is 0 Å². The molecule has 0 amide bonds. The maximum absolute atomic E-state index is 9.58. The summed E-state index contributed by atoms with van der Waals surface area (Å²) < 4.78 is 0. The SMILES string of the molecule is Oc1ccc2c(c1)-c1ccccc1CC=C2. The van der Waals surface area contributed by atoms with Crippen molar-refractivity contribution in [3.63, 3.8) is 0 Å². The number of aromatic hydroxyl groups is 1. The predicted octanol–water partition coefficient (Wildman–Crippen LogP) is 3.63. The van der Waals surface area contributed by atoms with Gasteiger partial charge in [0.25, 0.3) is 0 Å². The summed E-state index contributed by atoms with van der Waals surface area (Å²) in [4.78, 5) is 0. The summed E-state index contributed by atoms with van der Waals surface area (Å²) in [6.07, 6.45) is 5.24. The summed E-state index contributed by atoms with van der Waals surface area (Å²) in [6.45, 7) is 0. The molecule has 1 aliphatic carbocycles. The molecular weight excluding hydrogens is 196 g/mol. The molecule has 78 valence electrons. The Morgan fingerprint density at radius 2 is 1.81 bits per heavy atom. The number of phenolic OH excluding ortho intramolecular Hbond substituents is 1. The van der Waals surface area contributed by atoms with Crippen LogP contribution in [0, 0.1) is 0 Å². The van der Waals surface area contributed by atoms with Gasteiger partial charge in [0, 0.05) is 0 Å². The van der Waals surface area contributed by atoms with Gasteiger partial charge in [-0.3, -0.25) is 0 Å². The Kier molecular flexibility index (Phi) is 2.03. The lowest BCUT2D eigenvalue weighted by molar-refractivity contribution is 0.475. The third kappa shape index (κ3) is 1.41. The molecule has 0 heterocycles. The van der Waals surface area contributed by atoms with E-state index >= 15 is 0 Å². The van der Waals surface area contributed by atoms with Gasteiger partial charge in [0.2, 0.25) is 0 Å². The molecule has 2 aromatic rings. The largest absolute Gasteiger partial charge is 0.508 e. The minimum atomic E-state index is 0.323. The first-order valence-corrected chi connectivity index (χ1v) is 5.42. The topological polar surface area (TPSA) is 20.2 Å². The van der Waals surface area contributed by atoms with Gasteiger partial charge in [-0.2, -0.15) is 0 Å². The van der Waals surface area contributed by atoms with E-state index < -0.39 is 0 Å². The zero-order valence-electron chi connectivity index (χ0n) is 8.85. The molecule has 0 saturated heterocycles. The van der Waals surface area contributed by atoms with Crippen molar-refractivity contribution in [2.45, 2.75) is 6.42 Å². The minimum absolute atomic E-state index is 0.323. The minimum Gasteiger partial charge on any atom is -0.508 e. The Bertz CT molecular complexity index is 567. The van der Waals surface area contributed by atoms with Gasteiger partial charge >= 0.3 is 0 Å².